The molecule has 0 N–H and O–H groups in total. The average Bonchev–Trinajstić information content (AvgIpc) is 3.23. The van der Waals surface area contributed by atoms with E-state index in [1.165, 1.54) is 5.56 Å². The first-order valence-corrected chi connectivity index (χ1v) is 9.94. The van der Waals surface area contributed by atoms with Gasteiger partial charge in [0, 0.05) is 17.2 Å². The van der Waals surface area contributed by atoms with Crippen LogP contribution in [0.4, 0.5) is 0 Å². The molecule has 5 aromatic rings. The van der Waals surface area contributed by atoms with Gasteiger partial charge in [0.2, 0.25) is 5.89 Å². The lowest BCUT2D eigenvalue weighted by molar-refractivity contribution is -0.687. The number of benzene rings is 3. The molecule has 0 unspecified atom stereocenters. The fourth-order valence-electron chi connectivity index (χ4n) is 3.37. The minimum atomic E-state index is 0.546. The number of aromatic nitrogens is 2. The zero-order valence-electron chi connectivity index (χ0n) is 16.4. The van der Waals surface area contributed by atoms with Gasteiger partial charge >= 0.3 is 0 Å². The zero-order valence-corrected chi connectivity index (χ0v) is 16.4. The molecule has 30 heavy (non-hydrogen) atoms. The molecule has 0 amide bonds. The number of rotatable bonds is 6. The summed E-state index contributed by atoms with van der Waals surface area (Å²) >= 11 is 0. The second-order valence-electron chi connectivity index (χ2n) is 7.17. The summed E-state index contributed by atoms with van der Waals surface area (Å²) in [5.74, 6) is 1.43. The Morgan fingerprint density at radius 1 is 0.767 bits per heavy atom. The molecule has 4 heteroatoms. The largest absolute Gasteiger partial charge is 0.489 e. The van der Waals surface area contributed by atoms with E-state index in [1.807, 2.05) is 67.0 Å². The van der Waals surface area contributed by atoms with Crippen LogP contribution < -0.4 is 9.30 Å². The van der Waals surface area contributed by atoms with Crippen LogP contribution in [0.15, 0.2) is 108 Å². The predicted molar refractivity (Wildman–Crippen MR) is 116 cm³/mol. The van der Waals surface area contributed by atoms with Crippen molar-refractivity contribution in [2.24, 2.45) is 0 Å². The van der Waals surface area contributed by atoms with E-state index < -0.39 is 0 Å². The second kappa shape index (κ2) is 8.21. The molecule has 0 aliphatic heterocycles. The van der Waals surface area contributed by atoms with Crippen molar-refractivity contribution in [1.82, 2.24) is 4.98 Å². The molecule has 146 valence electrons. The second-order valence-corrected chi connectivity index (χ2v) is 7.17. The summed E-state index contributed by atoms with van der Waals surface area (Å²) in [6, 6.07) is 30.3. The highest BCUT2D eigenvalue weighted by atomic mass is 16.5. The number of ether oxygens (including phenoxy) is 1. The lowest BCUT2D eigenvalue weighted by atomic mass is 10.2. The average molecular weight is 393 g/mol. The van der Waals surface area contributed by atoms with Crippen molar-refractivity contribution in [3.63, 3.8) is 0 Å². The molecule has 2 heterocycles. The van der Waals surface area contributed by atoms with Crippen LogP contribution in [-0.2, 0) is 13.2 Å². The van der Waals surface area contributed by atoms with Crippen molar-refractivity contribution in [1.29, 1.82) is 0 Å². The number of hydrogen-bond donors (Lipinski definition) is 0. The van der Waals surface area contributed by atoms with Crippen LogP contribution >= 0.6 is 0 Å². The zero-order chi connectivity index (χ0) is 20.2. The van der Waals surface area contributed by atoms with Crippen LogP contribution in [0.25, 0.3) is 22.6 Å². The monoisotopic (exact) mass is 393 g/mol. The molecule has 2 aromatic heterocycles. The Bertz CT molecular complexity index is 1250. The Labute approximate surface area is 175 Å². The maximum absolute atomic E-state index is 5.96. The van der Waals surface area contributed by atoms with Crippen LogP contribution in [0.3, 0.4) is 0 Å². The standard InChI is InChI=1S/C26H21N2O2/c1-3-7-20(8-4-1)17-28-16-15-25-24(18-28)27-26(30-25)22-11-13-23(14-12-22)29-19-21-9-5-2-6-10-21/h1-16,18H,17,19H2/q+1. The van der Waals surface area contributed by atoms with Gasteiger partial charge in [-0.3, -0.25) is 0 Å². The Balaban J connectivity index is 1.31. The van der Waals surface area contributed by atoms with Crippen molar-refractivity contribution in [3.05, 3.63) is 115 Å². The van der Waals surface area contributed by atoms with Gasteiger partial charge in [-0.25, -0.2) is 4.98 Å². The summed E-state index contributed by atoms with van der Waals surface area (Å²) in [5.41, 5.74) is 4.93. The quantitative estimate of drug-likeness (QED) is 0.362. The minimum absolute atomic E-state index is 0.546. The molecule has 0 saturated heterocycles. The molecule has 0 fully saturated rings. The maximum Gasteiger partial charge on any atom is 0.227 e. The summed E-state index contributed by atoms with van der Waals surface area (Å²) in [5, 5.41) is 0. The molecule has 0 atom stereocenters. The van der Waals surface area contributed by atoms with Crippen molar-refractivity contribution >= 4 is 11.1 Å². The van der Waals surface area contributed by atoms with Crippen molar-refractivity contribution in [3.8, 4) is 17.2 Å². The van der Waals surface area contributed by atoms with Gasteiger partial charge in [0.15, 0.2) is 30.0 Å². The molecule has 5 rings (SSSR count). The lowest BCUT2D eigenvalue weighted by Gasteiger charge is -2.06. The number of nitrogens with zero attached hydrogens (tertiary/aromatic N) is 2. The van der Waals surface area contributed by atoms with E-state index in [2.05, 4.69) is 45.9 Å². The number of oxazole rings is 1. The summed E-state index contributed by atoms with van der Waals surface area (Å²) < 4.78 is 13.9. The van der Waals surface area contributed by atoms with Crippen molar-refractivity contribution in [2.75, 3.05) is 0 Å². The fourth-order valence-corrected chi connectivity index (χ4v) is 3.37. The Kier molecular flexibility index (Phi) is 4.96. The molecular formula is C26H21N2O2+. The first-order chi connectivity index (χ1) is 14.8. The van der Waals surface area contributed by atoms with E-state index >= 15 is 0 Å². The summed E-state index contributed by atoms with van der Waals surface area (Å²) in [4.78, 5) is 4.68. The normalized spacial score (nSPS) is 10.9. The first-order valence-electron chi connectivity index (χ1n) is 9.94. The Morgan fingerprint density at radius 3 is 2.20 bits per heavy atom. The van der Waals surface area contributed by atoms with Gasteiger partial charge in [-0.05, 0) is 29.8 Å². The highest BCUT2D eigenvalue weighted by Gasteiger charge is 2.13. The van der Waals surface area contributed by atoms with Crippen LogP contribution in [0.2, 0.25) is 0 Å². The molecule has 0 aliphatic rings. The minimum Gasteiger partial charge on any atom is -0.489 e. The predicted octanol–water partition coefficient (Wildman–Crippen LogP) is 5.41. The van der Waals surface area contributed by atoms with E-state index in [9.17, 15) is 0 Å². The maximum atomic E-state index is 5.96. The number of fused-ring (bicyclic) bond motifs is 1. The summed E-state index contributed by atoms with van der Waals surface area (Å²) in [6.07, 6.45) is 4.04. The van der Waals surface area contributed by atoms with Crippen molar-refractivity contribution in [2.45, 2.75) is 13.2 Å². The van der Waals surface area contributed by atoms with Gasteiger partial charge in [0.25, 0.3) is 0 Å². The van der Waals surface area contributed by atoms with Crippen LogP contribution in [-0.4, -0.2) is 4.98 Å². The first kappa shape index (κ1) is 18.1. The third-order valence-corrected chi connectivity index (χ3v) is 4.94. The highest BCUT2D eigenvalue weighted by Crippen LogP contribution is 2.25. The topological polar surface area (TPSA) is 39.1 Å². The number of hydrogen-bond acceptors (Lipinski definition) is 3. The van der Waals surface area contributed by atoms with E-state index in [4.69, 9.17) is 9.15 Å². The van der Waals surface area contributed by atoms with E-state index in [-0.39, 0.29) is 0 Å². The molecule has 0 saturated carbocycles. The third-order valence-electron chi connectivity index (χ3n) is 4.94. The molecule has 0 aliphatic carbocycles. The van der Waals surface area contributed by atoms with E-state index in [1.54, 1.807) is 0 Å². The molecule has 3 aromatic carbocycles. The van der Waals surface area contributed by atoms with Gasteiger partial charge in [-0.1, -0.05) is 60.7 Å². The number of pyridine rings is 1. The molecule has 0 bridgehead atoms. The van der Waals surface area contributed by atoms with Gasteiger partial charge in [0.05, 0.1) is 0 Å². The smallest absolute Gasteiger partial charge is 0.227 e. The van der Waals surface area contributed by atoms with E-state index in [0.717, 1.165) is 34.5 Å². The van der Waals surface area contributed by atoms with Crippen LogP contribution in [0.5, 0.6) is 5.75 Å². The van der Waals surface area contributed by atoms with Gasteiger partial charge in [-0.15, -0.1) is 0 Å². The van der Waals surface area contributed by atoms with Gasteiger partial charge in [-0.2, -0.15) is 4.57 Å². The SMILES string of the molecule is c1ccc(COc2ccc(-c3nc4c[n+](Cc5ccccc5)ccc4o3)cc2)cc1. The molecule has 4 nitrogen and oxygen atoms in total. The fraction of sp³-hybridized carbons (Fsp3) is 0.0769. The Hall–Kier alpha value is -3.92. The third kappa shape index (κ3) is 4.08. The molecule has 0 radical (unpaired) electrons. The van der Waals surface area contributed by atoms with Gasteiger partial charge < -0.3 is 9.15 Å². The van der Waals surface area contributed by atoms with E-state index in [0.29, 0.717) is 12.5 Å². The molecule has 0 spiro atoms. The Morgan fingerprint density at radius 2 is 1.47 bits per heavy atom. The summed E-state index contributed by atoms with van der Waals surface area (Å²) in [7, 11) is 0. The van der Waals surface area contributed by atoms with Crippen LogP contribution in [0.1, 0.15) is 11.1 Å². The van der Waals surface area contributed by atoms with Gasteiger partial charge in [0.1, 0.15) is 12.4 Å². The highest BCUT2D eigenvalue weighted by molar-refractivity contribution is 5.74. The molecular weight excluding hydrogens is 372 g/mol. The van der Waals surface area contributed by atoms with Crippen molar-refractivity contribution < 1.29 is 13.7 Å². The lowest BCUT2D eigenvalue weighted by Crippen LogP contribution is -2.33. The van der Waals surface area contributed by atoms with Crippen LogP contribution in [0, 0.1) is 0 Å². The summed E-state index contributed by atoms with van der Waals surface area (Å²) in [6.45, 7) is 1.34.